The first-order chi connectivity index (χ1) is 10.6. The average molecular weight is 300 g/mol. The number of likely N-dealkylation sites (tertiary alicyclic amines) is 2. The van der Waals surface area contributed by atoms with Crippen molar-refractivity contribution in [2.75, 3.05) is 20.1 Å². The molecule has 0 spiro atoms. The summed E-state index contributed by atoms with van der Waals surface area (Å²) in [5.74, 6) is 1.12. The van der Waals surface area contributed by atoms with Crippen LogP contribution in [-0.4, -0.2) is 47.9 Å². The molecule has 3 nitrogen and oxygen atoms in total. The molecular weight excluding hydrogens is 272 g/mol. The molecule has 0 N–H and O–H groups in total. The molecule has 3 atom stereocenters. The third kappa shape index (κ3) is 2.91. The molecule has 22 heavy (non-hydrogen) atoms. The van der Waals surface area contributed by atoms with Gasteiger partial charge in [0.05, 0.1) is 5.92 Å². The Balaban J connectivity index is 1.89. The van der Waals surface area contributed by atoms with Gasteiger partial charge >= 0.3 is 0 Å². The van der Waals surface area contributed by atoms with Gasteiger partial charge in [-0.3, -0.25) is 9.69 Å². The van der Waals surface area contributed by atoms with Crippen molar-refractivity contribution >= 4 is 5.91 Å². The van der Waals surface area contributed by atoms with Gasteiger partial charge in [0.25, 0.3) is 0 Å². The van der Waals surface area contributed by atoms with E-state index in [-0.39, 0.29) is 5.92 Å². The van der Waals surface area contributed by atoms with Crippen molar-refractivity contribution in [3.05, 3.63) is 35.9 Å². The Labute approximate surface area is 134 Å². The summed E-state index contributed by atoms with van der Waals surface area (Å²) >= 11 is 0. The van der Waals surface area contributed by atoms with E-state index >= 15 is 0 Å². The largest absolute Gasteiger partial charge is 0.345 e. The van der Waals surface area contributed by atoms with E-state index in [0.717, 1.165) is 19.5 Å². The molecule has 3 heteroatoms. The summed E-state index contributed by atoms with van der Waals surface area (Å²) in [6.45, 7) is 6.58. The van der Waals surface area contributed by atoms with E-state index in [4.69, 9.17) is 0 Å². The minimum absolute atomic E-state index is 0.176. The van der Waals surface area contributed by atoms with Crippen molar-refractivity contribution in [3.8, 4) is 0 Å². The van der Waals surface area contributed by atoms with Crippen LogP contribution in [0.2, 0.25) is 0 Å². The Morgan fingerprint density at radius 3 is 2.50 bits per heavy atom. The summed E-state index contributed by atoms with van der Waals surface area (Å²) in [6, 6.07) is 11.5. The second-order valence-electron chi connectivity index (χ2n) is 7.21. The predicted octanol–water partition coefficient (Wildman–Crippen LogP) is 2.81. The zero-order valence-electron chi connectivity index (χ0n) is 14.0. The van der Waals surface area contributed by atoms with Crippen LogP contribution >= 0.6 is 0 Å². The zero-order chi connectivity index (χ0) is 15.7. The quantitative estimate of drug-likeness (QED) is 0.857. The number of piperidine rings is 2. The fourth-order valence-electron chi connectivity index (χ4n) is 4.34. The highest BCUT2D eigenvalue weighted by atomic mass is 16.2. The lowest BCUT2D eigenvalue weighted by Gasteiger charge is -2.50. The summed E-state index contributed by atoms with van der Waals surface area (Å²) in [5, 5.41) is 0. The number of hydrogen-bond donors (Lipinski definition) is 0. The van der Waals surface area contributed by atoms with Crippen LogP contribution in [0.3, 0.4) is 0 Å². The van der Waals surface area contributed by atoms with E-state index < -0.39 is 0 Å². The van der Waals surface area contributed by atoms with Gasteiger partial charge in [0.2, 0.25) is 5.91 Å². The molecule has 2 fully saturated rings. The fraction of sp³-hybridized carbons (Fsp3) is 0.632. The third-order valence-corrected chi connectivity index (χ3v) is 5.55. The number of rotatable bonds is 3. The van der Waals surface area contributed by atoms with Crippen molar-refractivity contribution in [1.82, 2.24) is 9.80 Å². The van der Waals surface area contributed by atoms with Gasteiger partial charge in [-0.25, -0.2) is 0 Å². The highest BCUT2D eigenvalue weighted by Crippen LogP contribution is 2.38. The second kappa shape index (κ2) is 6.41. The summed E-state index contributed by atoms with van der Waals surface area (Å²) in [7, 11) is 1.96. The summed E-state index contributed by atoms with van der Waals surface area (Å²) in [5.41, 5.74) is 1.35. The number of amides is 1. The first kappa shape index (κ1) is 15.5. The zero-order valence-corrected chi connectivity index (χ0v) is 14.0. The standard InChI is InChI=1S/C19H28N2O/c1-14(2)21-12-10-16-9-11-20(3)19(22)18(16)17(21)13-15-7-5-4-6-8-15/h4-8,14,16-18H,9-13H2,1-3H3/t16?,17-,18?/m1/s1. The number of benzene rings is 1. The number of carbonyl (C=O) groups is 1. The van der Waals surface area contributed by atoms with Crippen molar-refractivity contribution in [1.29, 1.82) is 0 Å². The lowest BCUT2D eigenvalue weighted by Crippen LogP contribution is -2.59. The molecule has 0 aromatic heterocycles. The van der Waals surface area contributed by atoms with Crippen LogP contribution in [0.5, 0.6) is 0 Å². The molecule has 2 aliphatic rings. The molecule has 0 radical (unpaired) electrons. The van der Waals surface area contributed by atoms with Crippen molar-refractivity contribution < 1.29 is 4.79 Å². The minimum Gasteiger partial charge on any atom is -0.345 e. The Kier molecular flexibility index (Phi) is 4.53. The second-order valence-corrected chi connectivity index (χ2v) is 7.21. The van der Waals surface area contributed by atoms with Crippen LogP contribution in [-0.2, 0) is 11.2 Å². The molecule has 3 rings (SSSR count). The van der Waals surface area contributed by atoms with Crippen LogP contribution in [0, 0.1) is 11.8 Å². The van der Waals surface area contributed by atoms with Crippen LogP contribution in [0.1, 0.15) is 32.3 Å². The molecule has 0 bridgehead atoms. The topological polar surface area (TPSA) is 23.6 Å². The van der Waals surface area contributed by atoms with Crippen LogP contribution in [0.25, 0.3) is 0 Å². The monoisotopic (exact) mass is 300 g/mol. The van der Waals surface area contributed by atoms with Gasteiger partial charge in [0.1, 0.15) is 0 Å². The normalized spacial score (nSPS) is 29.7. The average Bonchev–Trinajstić information content (AvgIpc) is 2.51. The van der Waals surface area contributed by atoms with E-state index in [1.807, 2.05) is 11.9 Å². The first-order valence-corrected chi connectivity index (χ1v) is 8.62. The lowest BCUT2D eigenvalue weighted by atomic mass is 9.72. The van der Waals surface area contributed by atoms with Crippen molar-refractivity contribution in [2.24, 2.45) is 11.8 Å². The number of nitrogens with zero attached hydrogens (tertiary/aromatic N) is 2. The SMILES string of the molecule is CC(C)N1CCC2CCN(C)C(=O)C2[C@H]1Cc1ccccc1. The molecule has 0 saturated carbocycles. The maximum atomic E-state index is 12.8. The molecule has 1 aromatic rings. The van der Waals surface area contributed by atoms with E-state index in [1.54, 1.807) is 0 Å². The van der Waals surface area contributed by atoms with Crippen molar-refractivity contribution in [3.63, 3.8) is 0 Å². The molecule has 2 saturated heterocycles. The van der Waals surface area contributed by atoms with E-state index in [9.17, 15) is 4.79 Å². The Morgan fingerprint density at radius 2 is 1.82 bits per heavy atom. The highest BCUT2D eigenvalue weighted by Gasteiger charge is 2.45. The van der Waals surface area contributed by atoms with Gasteiger partial charge in [0.15, 0.2) is 0 Å². The number of hydrogen-bond acceptors (Lipinski definition) is 2. The molecule has 120 valence electrons. The molecule has 1 aromatic carbocycles. The molecule has 2 aliphatic heterocycles. The van der Waals surface area contributed by atoms with Gasteiger partial charge in [-0.2, -0.15) is 0 Å². The van der Waals surface area contributed by atoms with Crippen LogP contribution < -0.4 is 0 Å². The minimum atomic E-state index is 0.176. The van der Waals surface area contributed by atoms with E-state index in [2.05, 4.69) is 49.1 Å². The maximum absolute atomic E-state index is 12.8. The maximum Gasteiger partial charge on any atom is 0.227 e. The Morgan fingerprint density at radius 1 is 1.14 bits per heavy atom. The van der Waals surface area contributed by atoms with Gasteiger partial charge in [-0.1, -0.05) is 30.3 Å². The Hall–Kier alpha value is -1.35. The van der Waals surface area contributed by atoms with Gasteiger partial charge < -0.3 is 4.90 Å². The fourth-order valence-corrected chi connectivity index (χ4v) is 4.34. The number of carbonyl (C=O) groups excluding carboxylic acids is 1. The number of fused-ring (bicyclic) bond motifs is 1. The van der Waals surface area contributed by atoms with Crippen molar-refractivity contribution in [2.45, 2.75) is 45.2 Å². The van der Waals surface area contributed by atoms with E-state index in [1.165, 1.54) is 18.4 Å². The van der Waals surface area contributed by atoms with Crippen LogP contribution in [0.15, 0.2) is 30.3 Å². The summed E-state index contributed by atoms with van der Waals surface area (Å²) in [6.07, 6.45) is 3.33. The lowest BCUT2D eigenvalue weighted by molar-refractivity contribution is -0.147. The first-order valence-electron chi connectivity index (χ1n) is 8.62. The summed E-state index contributed by atoms with van der Waals surface area (Å²) in [4.78, 5) is 17.3. The Bertz CT molecular complexity index is 513. The van der Waals surface area contributed by atoms with E-state index in [0.29, 0.717) is 23.9 Å². The third-order valence-electron chi connectivity index (χ3n) is 5.55. The molecule has 2 heterocycles. The van der Waals surface area contributed by atoms with Gasteiger partial charge in [-0.05, 0) is 51.1 Å². The van der Waals surface area contributed by atoms with Crippen LogP contribution in [0.4, 0.5) is 0 Å². The summed E-state index contributed by atoms with van der Waals surface area (Å²) < 4.78 is 0. The molecule has 2 unspecified atom stereocenters. The van der Waals surface area contributed by atoms with Gasteiger partial charge in [0, 0.05) is 25.7 Å². The van der Waals surface area contributed by atoms with Gasteiger partial charge in [-0.15, -0.1) is 0 Å². The smallest absolute Gasteiger partial charge is 0.227 e. The predicted molar refractivity (Wildman–Crippen MR) is 89.6 cm³/mol. The highest BCUT2D eigenvalue weighted by molar-refractivity contribution is 5.80. The molecular formula is C19H28N2O. The molecule has 1 amide bonds. The molecule has 0 aliphatic carbocycles.